The van der Waals surface area contributed by atoms with Gasteiger partial charge in [-0.15, -0.1) is 0 Å². The van der Waals surface area contributed by atoms with Gasteiger partial charge in [0.2, 0.25) is 11.8 Å². The number of nitrogens with one attached hydrogen (secondary N) is 1. The fourth-order valence-corrected chi connectivity index (χ4v) is 1.62. The van der Waals surface area contributed by atoms with Crippen LogP contribution in [0.4, 0.5) is 5.88 Å². The molecule has 1 amide bonds. The van der Waals surface area contributed by atoms with Crippen molar-refractivity contribution in [3.63, 3.8) is 0 Å². The second-order valence-corrected chi connectivity index (χ2v) is 3.98. The number of carbonyl (C=O) groups excluding carboxylic acids is 1. The van der Waals surface area contributed by atoms with Crippen LogP contribution in [0.15, 0.2) is 10.6 Å². The van der Waals surface area contributed by atoms with Gasteiger partial charge < -0.3 is 10.3 Å². The van der Waals surface area contributed by atoms with Gasteiger partial charge in [0, 0.05) is 12.6 Å². The van der Waals surface area contributed by atoms with E-state index in [-0.39, 0.29) is 5.91 Å². The zero-order valence-corrected chi connectivity index (χ0v) is 10.0. The van der Waals surface area contributed by atoms with Crippen molar-refractivity contribution in [1.82, 2.24) is 5.16 Å². The molecule has 1 aromatic heterocycles. The number of aromatic nitrogens is 1. The quantitative estimate of drug-likeness (QED) is 0.799. The van der Waals surface area contributed by atoms with Crippen LogP contribution in [0.3, 0.4) is 0 Å². The third-order valence-electron chi connectivity index (χ3n) is 3.09. The number of rotatable bonds is 5. The molecular formula is C11H19N3O2. The molecule has 0 unspecified atom stereocenters. The first kappa shape index (κ1) is 12.7. The third-order valence-corrected chi connectivity index (χ3v) is 3.09. The van der Waals surface area contributed by atoms with Crippen LogP contribution in [-0.4, -0.2) is 17.6 Å². The van der Waals surface area contributed by atoms with Crippen molar-refractivity contribution < 1.29 is 9.32 Å². The van der Waals surface area contributed by atoms with E-state index in [1.807, 2.05) is 13.8 Å². The maximum absolute atomic E-state index is 12.1. The normalized spacial score (nSPS) is 11.5. The molecule has 5 heteroatoms. The Morgan fingerprint density at radius 2 is 2.19 bits per heavy atom. The van der Waals surface area contributed by atoms with Crippen molar-refractivity contribution in [3.8, 4) is 0 Å². The number of nitrogens with two attached hydrogens (primary N) is 1. The summed E-state index contributed by atoms with van der Waals surface area (Å²) >= 11 is 0. The summed E-state index contributed by atoms with van der Waals surface area (Å²) in [6.07, 6.45) is 1.41. The summed E-state index contributed by atoms with van der Waals surface area (Å²) in [5.74, 6) is 0.276. The Bertz CT molecular complexity index is 348. The maximum Gasteiger partial charge on any atom is 0.234 e. The summed E-state index contributed by atoms with van der Waals surface area (Å²) in [6.45, 7) is 6.05. The van der Waals surface area contributed by atoms with E-state index in [9.17, 15) is 4.79 Å². The molecule has 0 spiro atoms. The lowest BCUT2D eigenvalue weighted by molar-refractivity contribution is -0.125. The van der Waals surface area contributed by atoms with E-state index in [2.05, 4.69) is 10.5 Å². The molecule has 0 saturated heterocycles. The molecule has 90 valence electrons. The van der Waals surface area contributed by atoms with Crippen LogP contribution in [0.2, 0.25) is 0 Å². The largest absolute Gasteiger partial charge is 0.338 e. The lowest BCUT2D eigenvalue weighted by Gasteiger charge is -2.27. The highest BCUT2D eigenvalue weighted by molar-refractivity contribution is 5.94. The van der Waals surface area contributed by atoms with Gasteiger partial charge in [0.15, 0.2) is 0 Å². The number of nitrogens with zero attached hydrogens (tertiary/aromatic N) is 1. The summed E-state index contributed by atoms with van der Waals surface area (Å²) in [5.41, 5.74) is 5.91. The van der Waals surface area contributed by atoms with E-state index in [4.69, 9.17) is 10.3 Å². The van der Waals surface area contributed by atoms with Gasteiger partial charge in [-0.2, -0.15) is 0 Å². The Labute approximate surface area is 95.4 Å². The summed E-state index contributed by atoms with van der Waals surface area (Å²) < 4.78 is 4.94. The Hall–Kier alpha value is -1.36. The highest BCUT2D eigenvalue weighted by atomic mass is 16.5. The van der Waals surface area contributed by atoms with Crippen molar-refractivity contribution in [2.45, 2.75) is 33.6 Å². The van der Waals surface area contributed by atoms with Gasteiger partial charge in [-0.05, 0) is 19.8 Å². The maximum atomic E-state index is 12.1. The smallest absolute Gasteiger partial charge is 0.234 e. The van der Waals surface area contributed by atoms with Gasteiger partial charge in [-0.1, -0.05) is 19.0 Å². The molecule has 3 N–H and O–H groups in total. The van der Waals surface area contributed by atoms with Crippen LogP contribution in [0.25, 0.3) is 0 Å². The number of carbonyl (C=O) groups is 1. The molecule has 1 heterocycles. The van der Waals surface area contributed by atoms with Gasteiger partial charge in [0.05, 0.1) is 11.1 Å². The summed E-state index contributed by atoms with van der Waals surface area (Å²) in [7, 11) is 0. The predicted molar refractivity (Wildman–Crippen MR) is 61.9 cm³/mol. The molecule has 1 aromatic rings. The average Bonchev–Trinajstić information content (AvgIpc) is 2.67. The molecule has 0 fully saturated rings. The van der Waals surface area contributed by atoms with Crippen molar-refractivity contribution in [2.75, 3.05) is 11.9 Å². The SMILES string of the molecule is CCC(CC)(CN)C(=O)Nc1cc(C)no1. The minimum absolute atomic E-state index is 0.101. The zero-order chi connectivity index (χ0) is 12.2. The molecular weight excluding hydrogens is 206 g/mol. The average molecular weight is 225 g/mol. The standard InChI is InChI=1S/C11H19N3O2/c1-4-11(5-2,7-12)10(15)13-9-6-8(3)14-16-9/h6H,4-5,7,12H2,1-3H3,(H,13,15). The van der Waals surface area contributed by atoms with Crippen molar-refractivity contribution in [1.29, 1.82) is 0 Å². The first-order valence-corrected chi connectivity index (χ1v) is 5.52. The Morgan fingerprint density at radius 3 is 2.56 bits per heavy atom. The van der Waals surface area contributed by atoms with Gasteiger partial charge in [0.1, 0.15) is 0 Å². The Balaban J connectivity index is 2.77. The van der Waals surface area contributed by atoms with Crippen LogP contribution < -0.4 is 11.1 Å². The lowest BCUT2D eigenvalue weighted by atomic mass is 9.81. The highest BCUT2D eigenvalue weighted by Crippen LogP contribution is 2.26. The van der Waals surface area contributed by atoms with Crippen molar-refractivity contribution in [3.05, 3.63) is 11.8 Å². The first-order valence-electron chi connectivity index (χ1n) is 5.52. The molecule has 0 saturated carbocycles. The summed E-state index contributed by atoms with van der Waals surface area (Å²) in [4.78, 5) is 12.1. The number of anilines is 1. The van der Waals surface area contributed by atoms with E-state index in [0.29, 0.717) is 25.3 Å². The van der Waals surface area contributed by atoms with Gasteiger partial charge >= 0.3 is 0 Å². The number of hydrogen-bond acceptors (Lipinski definition) is 4. The molecule has 0 aliphatic carbocycles. The molecule has 0 bridgehead atoms. The monoisotopic (exact) mass is 225 g/mol. The van der Waals surface area contributed by atoms with E-state index in [1.165, 1.54) is 0 Å². The second-order valence-electron chi connectivity index (χ2n) is 3.98. The van der Waals surface area contributed by atoms with Crippen LogP contribution in [0.5, 0.6) is 0 Å². The topological polar surface area (TPSA) is 81.2 Å². The highest BCUT2D eigenvalue weighted by Gasteiger charge is 2.33. The van der Waals surface area contributed by atoms with E-state index in [0.717, 1.165) is 5.69 Å². The van der Waals surface area contributed by atoms with Gasteiger partial charge in [-0.3, -0.25) is 10.1 Å². The Kier molecular flexibility index (Phi) is 4.06. The van der Waals surface area contributed by atoms with Crippen molar-refractivity contribution in [2.24, 2.45) is 11.1 Å². The number of amides is 1. The molecule has 0 aromatic carbocycles. The third kappa shape index (κ3) is 2.41. The van der Waals surface area contributed by atoms with Crippen molar-refractivity contribution >= 4 is 11.8 Å². The van der Waals surface area contributed by atoms with Crippen LogP contribution in [0, 0.1) is 12.3 Å². The lowest BCUT2D eigenvalue weighted by Crippen LogP contribution is -2.41. The molecule has 0 aliphatic rings. The molecule has 0 radical (unpaired) electrons. The zero-order valence-electron chi connectivity index (χ0n) is 10.0. The minimum atomic E-state index is -0.513. The summed E-state index contributed by atoms with van der Waals surface area (Å²) in [5, 5.41) is 6.42. The molecule has 5 nitrogen and oxygen atoms in total. The fourth-order valence-electron chi connectivity index (χ4n) is 1.62. The first-order chi connectivity index (χ1) is 7.57. The van der Waals surface area contributed by atoms with E-state index >= 15 is 0 Å². The van der Waals surface area contributed by atoms with Crippen LogP contribution in [-0.2, 0) is 4.79 Å². The van der Waals surface area contributed by atoms with Gasteiger partial charge in [-0.25, -0.2) is 0 Å². The van der Waals surface area contributed by atoms with Gasteiger partial charge in [0.25, 0.3) is 0 Å². The molecule has 1 rings (SSSR count). The van der Waals surface area contributed by atoms with E-state index < -0.39 is 5.41 Å². The predicted octanol–water partition coefficient (Wildman–Crippen LogP) is 1.69. The van der Waals surface area contributed by atoms with Crippen LogP contribution in [0.1, 0.15) is 32.4 Å². The fraction of sp³-hybridized carbons (Fsp3) is 0.636. The minimum Gasteiger partial charge on any atom is -0.338 e. The molecule has 16 heavy (non-hydrogen) atoms. The second kappa shape index (κ2) is 5.12. The van der Waals surface area contributed by atoms with Crippen LogP contribution >= 0.6 is 0 Å². The van der Waals surface area contributed by atoms with E-state index in [1.54, 1.807) is 13.0 Å². The molecule has 0 atom stereocenters. The number of aryl methyl sites for hydroxylation is 1. The molecule has 0 aliphatic heterocycles. The summed E-state index contributed by atoms with van der Waals surface area (Å²) in [6, 6.07) is 1.69. The number of hydrogen-bond donors (Lipinski definition) is 2. The Morgan fingerprint density at radius 1 is 1.56 bits per heavy atom.